The molecule has 0 fully saturated rings. The van der Waals surface area contributed by atoms with E-state index < -0.39 is 10.0 Å². The largest absolute Gasteiger partial charge is 0.497 e. The maximum Gasteiger partial charge on any atom is 0.251 e. The lowest BCUT2D eigenvalue weighted by Gasteiger charge is -2.21. The van der Waals surface area contributed by atoms with Crippen LogP contribution in [0.3, 0.4) is 0 Å². The number of amides is 1. The van der Waals surface area contributed by atoms with Crippen LogP contribution < -0.4 is 10.1 Å². The van der Waals surface area contributed by atoms with E-state index in [1.165, 1.54) is 23.5 Å². The highest BCUT2D eigenvalue weighted by Gasteiger charge is 2.23. The fourth-order valence-corrected chi connectivity index (χ4v) is 4.27. The molecule has 0 aliphatic carbocycles. The van der Waals surface area contributed by atoms with Gasteiger partial charge in [-0.1, -0.05) is 18.2 Å². The van der Waals surface area contributed by atoms with Crippen LogP contribution in [0.1, 0.15) is 29.3 Å². The lowest BCUT2D eigenvalue weighted by molar-refractivity contribution is 0.0944. The van der Waals surface area contributed by atoms with Crippen LogP contribution in [0.25, 0.3) is 0 Å². The number of sulfonamides is 1. The van der Waals surface area contributed by atoms with Crippen LogP contribution in [0.5, 0.6) is 5.75 Å². The molecule has 8 heteroatoms. The Hall–Kier alpha value is -2.68. The predicted molar refractivity (Wildman–Crippen MR) is 121 cm³/mol. The number of rotatable bonds is 13. The van der Waals surface area contributed by atoms with E-state index in [2.05, 4.69) is 11.9 Å². The van der Waals surface area contributed by atoms with Crippen LogP contribution in [-0.2, 0) is 21.3 Å². The molecule has 0 aromatic heterocycles. The molecule has 2 rings (SSSR count). The normalized spacial score (nSPS) is 11.3. The Kier molecular flexibility index (Phi) is 9.71. The van der Waals surface area contributed by atoms with Gasteiger partial charge in [-0.05, 0) is 55.3 Å². The van der Waals surface area contributed by atoms with Gasteiger partial charge in [0.1, 0.15) is 5.75 Å². The maximum absolute atomic E-state index is 13.1. The summed E-state index contributed by atoms with van der Waals surface area (Å²) < 4.78 is 37.8. The second-order valence-electron chi connectivity index (χ2n) is 6.77. The van der Waals surface area contributed by atoms with E-state index in [0.29, 0.717) is 31.1 Å². The second-order valence-corrected chi connectivity index (χ2v) is 8.70. The van der Waals surface area contributed by atoms with E-state index in [-0.39, 0.29) is 23.9 Å². The van der Waals surface area contributed by atoms with Gasteiger partial charge in [0.2, 0.25) is 10.0 Å². The average molecular weight is 447 g/mol. The van der Waals surface area contributed by atoms with Crippen molar-refractivity contribution in [3.05, 3.63) is 72.3 Å². The van der Waals surface area contributed by atoms with Gasteiger partial charge in [-0.25, -0.2) is 8.42 Å². The summed E-state index contributed by atoms with van der Waals surface area (Å²) in [4.78, 5) is 12.4. The van der Waals surface area contributed by atoms with Gasteiger partial charge in [0, 0.05) is 38.4 Å². The fourth-order valence-electron chi connectivity index (χ4n) is 2.88. The van der Waals surface area contributed by atoms with Crippen LogP contribution in [-0.4, -0.2) is 52.0 Å². The minimum absolute atomic E-state index is 0.163. The Balaban J connectivity index is 2.05. The standard InChI is InChI=1S/C23H30N2O5S/c1-4-16-25(31(27,28)22-13-11-21(29-3)12-14-22)18-19-7-9-20(10-8-19)23(26)24-15-6-17-30-5-2/h4,7-14H,1,5-6,15-18H2,2-3H3,(H,24,26). The monoisotopic (exact) mass is 446 g/mol. The van der Waals surface area contributed by atoms with Gasteiger partial charge in [0.25, 0.3) is 5.91 Å². The summed E-state index contributed by atoms with van der Waals surface area (Å²) in [5.74, 6) is 0.415. The third-order valence-corrected chi connectivity index (χ3v) is 6.39. The number of benzene rings is 2. The third kappa shape index (κ3) is 7.20. The molecule has 0 saturated heterocycles. The molecular formula is C23H30N2O5S. The van der Waals surface area contributed by atoms with E-state index in [4.69, 9.17) is 9.47 Å². The number of nitrogens with zero attached hydrogens (tertiary/aromatic N) is 1. The van der Waals surface area contributed by atoms with Gasteiger partial charge in [-0.15, -0.1) is 6.58 Å². The molecule has 0 unspecified atom stereocenters. The molecular weight excluding hydrogens is 416 g/mol. The summed E-state index contributed by atoms with van der Waals surface area (Å²) in [6.07, 6.45) is 2.29. The van der Waals surface area contributed by atoms with Gasteiger partial charge < -0.3 is 14.8 Å². The lowest BCUT2D eigenvalue weighted by atomic mass is 10.1. The molecule has 0 spiro atoms. The molecule has 168 valence electrons. The minimum Gasteiger partial charge on any atom is -0.497 e. The molecule has 1 N–H and O–H groups in total. The molecule has 2 aromatic rings. The van der Waals surface area contributed by atoms with Crippen LogP contribution >= 0.6 is 0 Å². The van der Waals surface area contributed by atoms with Crippen molar-refractivity contribution < 1.29 is 22.7 Å². The molecule has 7 nitrogen and oxygen atoms in total. The first-order valence-corrected chi connectivity index (χ1v) is 11.6. The Morgan fingerprint density at radius 2 is 1.81 bits per heavy atom. The van der Waals surface area contributed by atoms with Crippen molar-refractivity contribution in [2.24, 2.45) is 0 Å². The van der Waals surface area contributed by atoms with Gasteiger partial charge in [0.15, 0.2) is 0 Å². The third-order valence-electron chi connectivity index (χ3n) is 4.56. The summed E-state index contributed by atoms with van der Waals surface area (Å²) >= 11 is 0. The molecule has 0 heterocycles. The van der Waals surface area contributed by atoms with Crippen LogP contribution in [0, 0.1) is 0 Å². The SMILES string of the molecule is C=CCN(Cc1ccc(C(=O)NCCCOCC)cc1)S(=O)(=O)c1ccc(OC)cc1. The van der Waals surface area contributed by atoms with E-state index in [0.717, 1.165) is 12.0 Å². The van der Waals surface area contributed by atoms with Crippen LogP contribution in [0.2, 0.25) is 0 Å². The van der Waals surface area contributed by atoms with Crippen molar-refractivity contribution >= 4 is 15.9 Å². The van der Waals surface area contributed by atoms with Crippen molar-refractivity contribution in [1.82, 2.24) is 9.62 Å². The Bertz CT molecular complexity index is 941. The first-order chi connectivity index (χ1) is 14.9. The first-order valence-electron chi connectivity index (χ1n) is 10.1. The number of carbonyl (C=O) groups excluding carboxylic acids is 1. The zero-order chi connectivity index (χ0) is 22.7. The fraction of sp³-hybridized carbons (Fsp3) is 0.348. The topological polar surface area (TPSA) is 84.9 Å². The van der Waals surface area contributed by atoms with Crippen molar-refractivity contribution in [2.45, 2.75) is 24.8 Å². The maximum atomic E-state index is 13.1. The Morgan fingerprint density at radius 1 is 1.13 bits per heavy atom. The van der Waals surface area contributed by atoms with E-state index in [9.17, 15) is 13.2 Å². The highest BCUT2D eigenvalue weighted by Crippen LogP contribution is 2.21. The van der Waals surface area contributed by atoms with Crippen molar-refractivity contribution in [1.29, 1.82) is 0 Å². The van der Waals surface area contributed by atoms with Crippen molar-refractivity contribution in [3.63, 3.8) is 0 Å². The summed E-state index contributed by atoms with van der Waals surface area (Å²) in [5.41, 5.74) is 1.29. The molecule has 0 atom stereocenters. The number of carbonyl (C=O) groups is 1. The molecule has 0 bridgehead atoms. The van der Waals surface area contributed by atoms with Crippen LogP contribution in [0.15, 0.2) is 66.1 Å². The summed E-state index contributed by atoms with van der Waals surface area (Å²) in [6.45, 7) is 7.73. The van der Waals surface area contributed by atoms with Gasteiger partial charge in [-0.2, -0.15) is 4.31 Å². The van der Waals surface area contributed by atoms with Gasteiger partial charge in [0.05, 0.1) is 12.0 Å². The number of hydrogen-bond acceptors (Lipinski definition) is 5. The second kappa shape index (κ2) is 12.2. The van der Waals surface area contributed by atoms with Gasteiger partial charge >= 0.3 is 0 Å². The quantitative estimate of drug-likeness (QED) is 0.377. The molecule has 2 aromatic carbocycles. The lowest BCUT2D eigenvalue weighted by Crippen LogP contribution is -2.31. The smallest absolute Gasteiger partial charge is 0.251 e. The summed E-state index contributed by atoms with van der Waals surface area (Å²) in [5, 5.41) is 2.84. The molecule has 0 aliphatic rings. The number of nitrogens with one attached hydrogen (secondary N) is 1. The van der Waals surface area contributed by atoms with Crippen molar-refractivity contribution in [2.75, 3.05) is 33.4 Å². The molecule has 0 saturated carbocycles. The van der Waals surface area contributed by atoms with E-state index in [1.54, 1.807) is 42.5 Å². The van der Waals surface area contributed by atoms with E-state index >= 15 is 0 Å². The molecule has 0 radical (unpaired) electrons. The highest BCUT2D eigenvalue weighted by molar-refractivity contribution is 7.89. The average Bonchev–Trinajstić information content (AvgIpc) is 2.79. The van der Waals surface area contributed by atoms with Gasteiger partial charge in [-0.3, -0.25) is 4.79 Å². The predicted octanol–water partition coefficient (Wildman–Crippen LogP) is 3.23. The highest BCUT2D eigenvalue weighted by atomic mass is 32.2. The minimum atomic E-state index is -3.72. The van der Waals surface area contributed by atoms with E-state index in [1.807, 2.05) is 6.92 Å². The zero-order valence-electron chi connectivity index (χ0n) is 18.0. The number of hydrogen-bond donors (Lipinski definition) is 1. The molecule has 0 aliphatic heterocycles. The Labute approximate surface area is 184 Å². The number of ether oxygens (including phenoxy) is 2. The Morgan fingerprint density at radius 3 is 2.39 bits per heavy atom. The van der Waals surface area contributed by atoms with Crippen LogP contribution in [0.4, 0.5) is 0 Å². The van der Waals surface area contributed by atoms with Crippen molar-refractivity contribution in [3.8, 4) is 5.75 Å². The summed E-state index contributed by atoms with van der Waals surface area (Å²) in [6, 6.07) is 13.2. The number of methoxy groups -OCH3 is 1. The summed E-state index contributed by atoms with van der Waals surface area (Å²) in [7, 11) is -2.19. The first kappa shape index (κ1) is 24.6. The zero-order valence-corrected chi connectivity index (χ0v) is 18.9. The molecule has 31 heavy (non-hydrogen) atoms. The molecule has 1 amide bonds.